The van der Waals surface area contributed by atoms with E-state index in [2.05, 4.69) is 21.2 Å². The third kappa shape index (κ3) is 3.71. The Morgan fingerprint density at radius 3 is 2.69 bits per heavy atom. The molecule has 0 fully saturated rings. The molecule has 0 saturated heterocycles. The van der Waals surface area contributed by atoms with E-state index in [1.54, 1.807) is 18.2 Å². The van der Waals surface area contributed by atoms with Gasteiger partial charge in [-0.2, -0.15) is 0 Å². The van der Waals surface area contributed by atoms with E-state index in [1.165, 1.54) is 13.2 Å². The van der Waals surface area contributed by atoms with Gasteiger partial charge in [-0.25, -0.2) is 0 Å². The molecule has 0 bridgehead atoms. The Morgan fingerprint density at radius 1 is 1.23 bits per heavy atom. The molecule has 3 N–H and O–H groups in total. The van der Waals surface area contributed by atoms with Gasteiger partial charge < -0.3 is 20.2 Å². The van der Waals surface area contributed by atoms with Gasteiger partial charge in [-0.15, -0.1) is 0 Å². The molecule has 3 aromatic rings. The van der Waals surface area contributed by atoms with Crippen molar-refractivity contribution >= 4 is 44.8 Å². The van der Waals surface area contributed by atoms with Gasteiger partial charge in [0.1, 0.15) is 17.2 Å². The first-order chi connectivity index (χ1) is 12.4. The third-order valence-corrected chi connectivity index (χ3v) is 4.99. The number of halogens is 2. The maximum atomic E-state index is 12.5. The number of nitrogen functional groups attached to an aromatic ring is 1. The number of amides is 1. The summed E-state index contributed by atoms with van der Waals surface area (Å²) in [5, 5.41) is 2.99. The lowest BCUT2D eigenvalue weighted by Gasteiger charge is -2.12. The largest absolute Gasteiger partial charge is 0.494 e. The second-order valence-electron chi connectivity index (χ2n) is 5.66. The number of ether oxygens (including phenoxy) is 1. The highest BCUT2D eigenvalue weighted by Crippen LogP contribution is 2.35. The Bertz CT molecular complexity index is 985. The summed E-state index contributed by atoms with van der Waals surface area (Å²) in [6, 6.07) is 12.3. The summed E-state index contributed by atoms with van der Waals surface area (Å²) in [5.41, 5.74) is 8.47. The maximum absolute atomic E-state index is 12.5. The number of rotatable bonds is 4. The van der Waals surface area contributed by atoms with Crippen molar-refractivity contribution in [2.45, 2.75) is 6.92 Å². The summed E-state index contributed by atoms with van der Waals surface area (Å²) in [6.45, 7) is 1.99. The first kappa shape index (κ1) is 18.4. The van der Waals surface area contributed by atoms with E-state index in [1.807, 2.05) is 25.1 Å². The highest BCUT2D eigenvalue weighted by atomic mass is 79.9. The van der Waals surface area contributed by atoms with Crippen LogP contribution in [-0.4, -0.2) is 13.0 Å². The van der Waals surface area contributed by atoms with E-state index in [4.69, 9.17) is 26.5 Å². The number of methoxy groups -OCH3 is 1. The Labute approximate surface area is 164 Å². The molecule has 5 nitrogen and oxygen atoms in total. The molecule has 2 aromatic carbocycles. The standard InChI is InChI=1S/C19H16BrClN2O3/c1-10-7-11(3-4-13(10)20)15-5-6-16(26-15)19(24)23-18-14(21)8-12(22)9-17(18)25-2/h3-9H,22H2,1-2H3,(H,23,24). The quantitative estimate of drug-likeness (QED) is 0.529. The molecular weight excluding hydrogens is 420 g/mol. The molecule has 134 valence electrons. The Morgan fingerprint density at radius 2 is 2.00 bits per heavy atom. The normalized spacial score (nSPS) is 10.6. The van der Waals surface area contributed by atoms with Gasteiger partial charge in [0.15, 0.2) is 5.76 Å². The zero-order valence-corrected chi connectivity index (χ0v) is 16.4. The summed E-state index contributed by atoms with van der Waals surface area (Å²) < 4.78 is 11.9. The molecule has 0 radical (unpaired) electrons. The second kappa shape index (κ2) is 7.43. The number of hydrogen-bond donors (Lipinski definition) is 2. The lowest BCUT2D eigenvalue weighted by atomic mass is 10.1. The average Bonchev–Trinajstić information content (AvgIpc) is 3.09. The molecule has 3 rings (SSSR count). The van der Waals surface area contributed by atoms with Crippen LogP contribution in [0, 0.1) is 6.92 Å². The minimum atomic E-state index is -0.435. The van der Waals surface area contributed by atoms with Crippen molar-refractivity contribution in [2.75, 3.05) is 18.2 Å². The van der Waals surface area contributed by atoms with E-state index >= 15 is 0 Å². The number of aryl methyl sites for hydroxylation is 1. The summed E-state index contributed by atoms with van der Waals surface area (Å²) in [6.07, 6.45) is 0. The summed E-state index contributed by atoms with van der Waals surface area (Å²) in [5.74, 6) is 0.699. The topological polar surface area (TPSA) is 77.5 Å². The van der Waals surface area contributed by atoms with Crippen molar-refractivity contribution in [1.82, 2.24) is 0 Å². The summed E-state index contributed by atoms with van der Waals surface area (Å²) >= 11 is 9.63. The van der Waals surface area contributed by atoms with Gasteiger partial charge in [0.25, 0.3) is 5.91 Å². The Hall–Kier alpha value is -2.44. The number of nitrogens with two attached hydrogens (primary N) is 1. The molecule has 1 amide bonds. The lowest BCUT2D eigenvalue weighted by molar-refractivity contribution is 0.0997. The molecular formula is C19H16BrClN2O3. The zero-order valence-electron chi connectivity index (χ0n) is 14.1. The van der Waals surface area contributed by atoms with Crippen LogP contribution >= 0.6 is 27.5 Å². The number of hydrogen-bond acceptors (Lipinski definition) is 4. The molecule has 0 unspecified atom stereocenters. The zero-order chi connectivity index (χ0) is 18.8. The fraction of sp³-hybridized carbons (Fsp3) is 0.105. The van der Waals surface area contributed by atoms with Gasteiger partial charge in [-0.1, -0.05) is 33.6 Å². The van der Waals surface area contributed by atoms with Crippen molar-refractivity contribution in [3.8, 4) is 17.1 Å². The van der Waals surface area contributed by atoms with Crippen molar-refractivity contribution in [3.05, 3.63) is 63.3 Å². The van der Waals surface area contributed by atoms with Gasteiger partial charge in [0.05, 0.1) is 12.1 Å². The number of benzene rings is 2. The van der Waals surface area contributed by atoms with Gasteiger partial charge in [0, 0.05) is 21.8 Å². The van der Waals surface area contributed by atoms with Crippen LogP contribution in [0.5, 0.6) is 5.75 Å². The highest BCUT2D eigenvalue weighted by molar-refractivity contribution is 9.10. The minimum absolute atomic E-state index is 0.163. The number of anilines is 2. The van der Waals surface area contributed by atoms with Gasteiger partial charge >= 0.3 is 0 Å². The molecule has 0 saturated carbocycles. The van der Waals surface area contributed by atoms with E-state index < -0.39 is 5.91 Å². The fourth-order valence-electron chi connectivity index (χ4n) is 2.47. The number of carbonyl (C=O) groups is 1. The molecule has 0 aliphatic heterocycles. The van der Waals surface area contributed by atoms with Gasteiger partial charge in [-0.05, 0) is 42.8 Å². The van der Waals surface area contributed by atoms with Crippen LogP contribution in [0.3, 0.4) is 0 Å². The van der Waals surface area contributed by atoms with Crippen LogP contribution in [-0.2, 0) is 0 Å². The van der Waals surface area contributed by atoms with E-state index in [0.29, 0.717) is 22.9 Å². The first-order valence-corrected chi connectivity index (χ1v) is 8.87. The van der Waals surface area contributed by atoms with Crippen LogP contribution in [0.2, 0.25) is 5.02 Å². The van der Waals surface area contributed by atoms with Gasteiger partial charge in [-0.3, -0.25) is 4.79 Å². The number of nitrogens with one attached hydrogen (secondary N) is 1. The smallest absolute Gasteiger partial charge is 0.291 e. The van der Waals surface area contributed by atoms with Gasteiger partial charge in [0.2, 0.25) is 0 Å². The van der Waals surface area contributed by atoms with E-state index in [0.717, 1.165) is 15.6 Å². The van der Waals surface area contributed by atoms with E-state index in [9.17, 15) is 4.79 Å². The molecule has 0 spiro atoms. The Kier molecular flexibility index (Phi) is 5.25. The van der Waals surface area contributed by atoms with Crippen LogP contribution in [0.15, 0.2) is 51.4 Å². The van der Waals surface area contributed by atoms with Crippen molar-refractivity contribution in [2.24, 2.45) is 0 Å². The predicted molar refractivity (Wildman–Crippen MR) is 107 cm³/mol. The molecule has 7 heteroatoms. The second-order valence-corrected chi connectivity index (χ2v) is 6.92. The molecule has 26 heavy (non-hydrogen) atoms. The average molecular weight is 436 g/mol. The van der Waals surface area contributed by atoms with Crippen LogP contribution in [0.1, 0.15) is 16.1 Å². The maximum Gasteiger partial charge on any atom is 0.291 e. The molecule has 0 atom stereocenters. The van der Waals surface area contributed by atoms with E-state index in [-0.39, 0.29) is 10.8 Å². The molecule has 0 aliphatic carbocycles. The lowest BCUT2D eigenvalue weighted by Crippen LogP contribution is -2.12. The number of carbonyl (C=O) groups excluding carboxylic acids is 1. The fourth-order valence-corrected chi connectivity index (χ4v) is 2.98. The van der Waals surface area contributed by atoms with Crippen LogP contribution in [0.4, 0.5) is 11.4 Å². The van der Waals surface area contributed by atoms with Crippen molar-refractivity contribution < 1.29 is 13.9 Å². The minimum Gasteiger partial charge on any atom is -0.494 e. The highest BCUT2D eigenvalue weighted by Gasteiger charge is 2.17. The molecule has 1 heterocycles. The SMILES string of the molecule is COc1cc(N)cc(Cl)c1NC(=O)c1ccc(-c2ccc(Br)c(C)c2)o1. The number of furan rings is 1. The van der Waals surface area contributed by atoms with Crippen molar-refractivity contribution in [3.63, 3.8) is 0 Å². The molecule has 0 aliphatic rings. The summed E-state index contributed by atoms with van der Waals surface area (Å²) in [4.78, 5) is 12.5. The van der Waals surface area contributed by atoms with Crippen molar-refractivity contribution in [1.29, 1.82) is 0 Å². The van der Waals surface area contributed by atoms with Crippen LogP contribution in [0.25, 0.3) is 11.3 Å². The predicted octanol–water partition coefficient (Wildman–Crippen LogP) is 5.51. The Balaban J connectivity index is 1.86. The third-order valence-electron chi connectivity index (χ3n) is 3.81. The first-order valence-electron chi connectivity index (χ1n) is 7.69. The van der Waals surface area contributed by atoms with Crippen LogP contribution < -0.4 is 15.8 Å². The summed E-state index contributed by atoms with van der Waals surface area (Å²) in [7, 11) is 1.47. The molecule has 1 aromatic heterocycles. The monoisotopic (exact) mass is 434 g/mol.